The van der Waals surface area contributed by atoms with E-state index in [0.717, 1.165) is 58.4 Å². The molecule has 10 rings (SSSR count). The third-order valence-electron chi connectivity index (χ3n) is 15.3. The highest BCUT2D eigenvalue weighted by atomic mass is 35.5. The van der Waals surface area contributed by atoms with E-state index in [1.54, 1.807) is 0 Å². The Bertz CT molecular complexity index is 1940. The van der Waals surface area contributed by atoms with E-state index in [4.69, 9.17) is 51.1 Å². The number of rotatable bonds is 10. The topological polar surface area (TPSA) is 22.2 Å². The highest BCUT2D eigenvalue weighted by Crippen LogP contribution is 2.51. The molecule has 6 fully saturated rings. The van der Waals surface area contributed by atoms with Gasteiger partial charge in [-0.1, -0.05) is 140 Å². The Hall–Kier alpha value is -2.16. The number of ether oxygens (including phenoxy) is 1. The summed E-state index contributed by atoms with van der Waals surface area (Å²) in [7, 11) is 0. The van der Waals surface area contributed by atoms with Crippen molar-refractivity contribution < 1.29 is 4.74 Å². The Kier molecular flexibility index (Phi) is 16.0. The van der Waals surface area contributed by atoms with Gasteiger partial charge in [0.05, 0.1) is 25.3 Å². The summed E-state index contributed by atoms with van der Waals surface area (Å²) in [6, 6.07) is 37.4. The van der Waals surface area contributed by atoms with E-state index in [1.165, 1.54) is 112 Å². The summed E-state index contributed by atoms with van der Waals surface area (Å²) < 4.78 is 5.58. The van der Waals surface area contributed by atoms with Crippen LogP contribution in [-0.2, 0) is 4.74 Å². The van der Waals surface area contributed by atoms with E-state index in [1.807, 2.05) is 48.5 Å². The van der Waals surface area contributed by atoms with Crippen molar-refractivity contribution in [1.82, 2.24) is 19.6 Å². The first-order valence-electron chi connectivity index (χ1n) is 23.5. The van der Waals surface area contributed by atoms with Gasteiger partial charge in [-0.05, 0) is 136 Å². The number of halogens is 4. The minimum atomic E-state index is 0. The van der Waals surface area contributed by atoms with Gasteiger partial charge in [-0.2, -0.15) is 0 Å². The zero-order valence-electron chi connectivity index (χ0n) is 35.9. The minimum Gasteiger partial charge on any atom is -0.379 e. The normalized spacial score (nSPS) is 28.1. The lowest BCUT2D eigenvalue weighted by atomic mass is 9.79. The lowest BCUT2D eigenvalue weighted by molar-refractivity contribution is -0.0182. The largest absolute Gasteiger partial charge is 0.379 e. The molecule has 6 heterocycles. The third-order valence-corrected chi connectivity index (χ3v) is 16.6. The van der Waals surface area contributed by atoms with Crippen molar-refractivity contribution in [3.05, 3.63) is 139 Å². The Morgan fingerprint density at radius 2 is 0.919 bits per heavy atom. The molecular weight excluding hydrogens is 850 g/mol. The molecule has 0 saturated carbocycles. The lowest BCUT2D eigenvalue weighted by Crippen LogP contribution is -2.53. The average Bonchev–Trinajstić information content (AvgIpc) is 3.68. The zero-order valence-corrected chi connectivity index (χ0v) is 38.9. The molecule has 334 valence electrons. The molecule has 5 unspecified atom stereocenters. The summed E-state index contributed by atoms with van der Waals surface area (Å²) in [5.74, 6) is 0.828. The maximum Gasteiger partial charge on any atom is 0.0636 e. The molecule has 4 aromatic rings. The van der Waals surface area contributed by atoms with Gasteiger partial charge >= 0.3 is 0 Å². The van der Waals surface area contributed by atoms with Crippen LogP contribution >= 0.6 is 46.4 Å². The van der Waals surface area contributed by atoms with Crippen molar-refractivity contribution in [2.75, 3.05) is 39.4 Å². The number of hydrogen-bond acceptors (Lipinski definition) is 5. The second-order valence-electron chi connectivity index (χ2n) is 18.7. The van der Waals surface area contributed by atoms with Gasteiger partial charge in [0.15, 0.2) is 0 Å². The first kappa shape index (κ1) is 46.4. The maximum absolute atomic E-state index is 6.78. The number of likely N-dealkylation sites (tertiary alicyclic amines) is 1. The number of benzene rings is 4. The van der Waals surface area contributed by atoms with Crippen LogP contribution in [0.5, 0.6) is 0 Å². The molecule has 0 amide bonds. The molecule has 0 N–H and O–H groups in total. The van der Waals surface area contributed by atoms with Gasteiger partial charge in [0.1, 0.15) is 0 Å². The van der Waals surface area contributed by atoms with Crippen LogP contribution < -0.4 is 0 Å². The number of nitrogens with zero attached hydrogens (tertiary/aromatic N) is 4. The molecular formula is C53H68Cl4N4O. The van der Waals surface area contributed by atoms with Crippen LogP contribution in [-0.4, -0.2) is 95.2 Å². The van der Waals surface area contributed by atoms with Gasteiger partial charge in [0.25, 0.3) is 0 Å². The van der Waals surface area contributed by atoms with Crippen molar-refractivity contribution in [2.45, 2.75) is 140 Å². The second-order valence-corrected chi connectivity index (χ2v) is 20.3. The summed E-state index contributed by atoms with van der Waals surface area (Å²) in [5, 5.41) is 3.35. The van der Waals surface area contributed by atoms with E-state index in [-0.39, 0.29) is 19.5 Å². The van der Waals surface area contributed by atoms with Crippen LogP contribution in [0.4, 0.5) is 0 Å². The Morgan fingerprint density at radius 3 is 1.32 bits per heavy atom. The first-order valence-corrected chi connectivity index (χ1v) is 25.0. The molecule has 4 aromatic carbocycles. The zero-order chi connectivity index (χ0) is 41.9. The predicted molar refractivity (Wildman–Crippen MR) is 261 cm³/mol. The van der Waals surface area contributed by atoms with Crippen LogP contribution in [0.3, 0.4) is 0 Å². The van der Waals surface area contributed by atoms with Gasteiger partial charge < -0.3 is 9.64 Å². The Morgan fingerprint density at radius 1 is 0.516 bits per heavy atom. The fourth-order valence-corrected chi connectivity index (χ4v) is 13.7. The molecule has 0 spiro atoms. The number of hydrogen-bond donors (Lipinski definition) is 0. The number of morpholine rings is 1. The average molecular weight is 919 g/mol. The highest BCUT2D eigenvalue weighted by Gasteiger charge is 2.49. The van der Waals surface area contributed by atoms with Gasteiger partial charge in [-0.25, -0.2) is 0 Å². The van der Waals surface area contributed by atoms with Crippen molar-refractivity contribution >= 4 is 46.4 Å². The summed E-state index contributed by atoms with van der Waals surface area (Å²) in [6.45, 7) is 8.79. The quantitative estimate of drug-likeness (QED) is 0.158. The molecule has 5 nitrogen and oxygen atoms in total. The monoisotopic (exact) mass is 916 g/mol. The molecule has 4 bridgehead atoms. The lowest BCUT2D eigenvalue weighted by Gasteiger charge is -2.49. The van der Waals surface area contributed by atoms with Crippen LogP contribution in [0, 0.1) is 5.92 Å². The fourth-order valence-electron chi connectivity index (χ4n) is 12.7. The predicted octanol–water partition coefficient (Wildman–Crippen LogP) is 13.6. The van der Waals surface area contributed by atoms with E-state index in [9.17, 15) is 0 Å². The molecule has 6 aliphatic heterocycles. The van der Waals surface area contributed by atoms with E-state index < -0.39 is 0 Å². The molecule has 9 heteroatoms. The smallest absolute Gasteiger partial charge is 0.0636 e. The van der Waals surface area contributed by atoms with Crippen molar-refractivity contribution in [3.63, 3.8) is 0 Å². The molecule has 0 radical (unpaired) electrons. The summed E-state index contributed by atoms with van der Waals surface area (Å²) in [5.41, 5.74) is 4.73. The van der Waals surface area contributed by atoms with Gasteiger partial charge in [0, 0.05) is 69.4 Å². The van der Waals surface area contributed by atoms with Crippen molar-refractivity contribution in [2.24, 2.45) is 5.92 Å². The van der Waals surface area contributed by atoms with Crippen molar-refractivity contribution in [3.8, 4) is 0 Å². The van der Waals surface area contributed by atoms with E-state index in [2.05, 4.69) is 75.1 Å². The third kappa shape index (κ3) is 9.84. The van der Waals surface area contributed by atoms with Crippen LogP contribution in [0.1, 0.15) is 126 Å². The van der Waals surface area contributed by atoms with Crippen molar-refractivity contribution in [1.29, 1.82) is 0 Å². The standard InChI is InChI=1S/C28H36Cl2N2.C24H28Cl2N2O.CH4/c1-2-16-31-17-8-7-13-27(31)20-18-21-14-15-22(19-20)32(21)28(23-9-3-5-11-25(23)29)24-10-4-6-12-26(24)30;25-22-7-3-1-5-20(22)24(21-6-2-4-8-23(21)26)28-17-9-10-18(28)16-19(15-17)27-11-13-29-14-12-27;/h3-6,9-12,20-22,27-28H,2,7-8,13-19H2,1H3;1-8,17-19,24H,9-16H2;1H4. The molecule has 6 aliphatic rings. The molecule has 6 saturated heterocycles. The molecule has 62 heavy (non-hydrogen) atoms. The SMILES string of the molecule is C.CCCN1CCCCC1C1CC2CCC(C1)N2C(c1ccccc1Cl)c1ccccc1Cl.Clc1ccccc1C(c1ccccc1Cl)N1C2CCC1CC(N1CCOCC1)C2. The van der Waals surface area contributed by atoms with Crippen LogP contribution in [0.2, 0.25) is 20.1 Å². The summed E-state index contributed by atoms with van der Waals surface area (Å²) >= 11 is 27.0. The first-order chi connectivity index (χ1) is 29.9. The maximum atomic E-state index is 6.78. The molecule has 5 atom stereocenters. The van der Waals surface area contributed by atoms with Gasteiger partial charge in [-0.3, -0.25) is 14.7 Å². The van der Waals surface area contributed by atoms with Gasteiger partial charge in [0.2, 0.25) is 0 Å². The number of fused-ring (bicyclic) bond motifs is 4. The van der Waals surface area contributed by atoms with E-state index >= 15 is 0 Å². The van der Waals surface area contributed by atoms with Crippen LogP contribution in [0.15, 0.2) is 97.1 Å². The molecule has 0 aliphatic carbocycles. The van der Waals surface area contributed by atoms with Crippen LogP contribution in [0.25, 0.3) is 0 Å². The fraction of sp³-hybridized carbons (Fsp3) is 0.547. The Balaban J connectivity index is 0.000000169. The number of piperidine rings is 3. The Labute approximate surface area is 393 Å². The van der Waals surface area contributed by atoms with E-state index in [0.29, 0.717) is 30.2 Å². The summed E-state index contributed by atoms with van der Waals surface area (Å²) in [6.07, 6.45) is 15.6. The van der Waals surface area contributed by atoms with Gasteiger partial charge in [-0.15, -0.1) is 0 Å². The molecule has 0 aromatic heterocycles. The second kappa shape index (κ2) is 21.4. The highest BCUT2D eigenvalue weighted by molar-refractivity contribution is 6.33. The minimum absolute atomic E-state index is 0. The summed E-state index contributed by atoms with van der Waals surface area (Å²) in [4.78, 5) is 11.0.